The Morgan fingerprint density at radius 2 is 1.80 bits per heavy atom. The zero-order valence-electron chi connectivity index (χ0n) is 14.3. The monoisotopic (exact) mass is 335 g/mol. The van der Waals surface area contributed by atoms with E-state index in [9.17, 15) is 4.39 Å². The minimum absolute atomic E-state index is 0.215. The van der Waals surface area contributed by atoms with E-state index in [0.717, 1.165) is 36.2 Å². The van der Waals surface area contributed by atoms with Gasteiger partial charge in [-0.05, 0) is 85.3 Å². The van der Waals surface area contributed by atoms with E-state index in [1.165, 1.54) is 23.3 Å². The SMILES string of the molecule is CC1CC(c2c[nH]c(-c3ccc(F)cc3)c2-c2ccncc2)CCN1. The summed E-state index contributed by atoms with van der Waals surface area (Å²) in [4.78, 5) is 7.61. The number of hydrogen-bond donors (Lipinski definition) is 2. The van der Waals surface area contributed by atoms with Gasteiger partial charge in [-0.3, -0.25) is 4.98 Å². The number of hydrogen-bond acceptors (Lipinski definition) is 2. The molecule has 2 unspecified atom stereocenters. The highest BCUT2D eigenvalue weighted by atomic mass is 19.1. The maximum absolute atomic E-state index is 13.3. The van der Waals surface area contributed by atoms with E-state index in [-0.39, 0.29) is 5.82 Å². The molecule has 2 N–H and O–H groups in total. The summed E-state index contributed by atoms with van der Waals surface area (Å²) in [5, 5.41) is 3.52. The Morgan fingerprint density at radius 3 is 2.52 bits per heavy atom. The average Bonchev–Trinajstić information content (AvgIpc) is 3.08. The minimum atomic E-state index is -0.215. The molecular weight excluding hydrogens is 313 g/mol. The lowest BCUT2D eigenvalue weighted by atomic mass is 9.84. The first-order valence-corrected chi connectivity index (χ1v) is 8.83. The summed E-state index contributed by atoms with van der Waals surface area (Å²) < 4.78 is 13.3. The molecule has 4 heteroatoms. The Bertz CT molecular complexity index is 839. The molecule has 3 heterocycles. The molecule has 1 aliphatic rings. The zero-order chi connectivity index (χ0) is 17.2. The van der Waals surface area contributed by atoms with E-state index in [1.807, 2.05) is 36.7 Å². The maximum atomic E-state index is 13.3. The molecule has 1 aromatic carbocycles. The summed E-state index contributed by atoms with van der Waals surface area (Å²) >= 11 is 0. The number of piperidine rings is 1. The Hall–Kier alpha value is -2.46. The first kappa shape index (κ1) is 16.0. The summed E-state index contributed by atoms with van der Waals surface area (Å²) in [6.07, 6.45) is 8.04. The summed E-state index contributed by atoms with van der Waals surface area (Å²) in [5.74, 6) is 0.304. The van der Waals surface area contributed by atoms with Crippen molar-refractivity contribution in [1.29, 1.82) is 0 Å². The number of nitrogens with one attached hydrogen (secondary N) is 2. The largest absolute Gasteiger partial charge is 0.360 e. The normalized spacial score (nSPS) is 20.6. The van der Waals surface area contributed by atoms with Gasteiger partial charge in [0, 0.05) is 30.2 Å². The Balaban J connectivity index is 1.83. The van der Waals surface area contributed by atoms with Crippen LogP contribution in [0.2, 0.25) is 0 Å². The molecule has 0 saturated carbocycles. The second-order valence-corrected chi connectivity index (χ2v) is 6.81. The summed E-state index contributed by atoms with van der Waals surface area (Å²) in [6.45, 7) is 3.28. The lowest BCUT2D eigenvalue weighted by Gasteiger charge is -2.28. The molecule has 2 atom stereocenters. The van der Waals surface area contributed by atoms with Gasteiger partial charge in [-0.2, -0.15) is 0 Å². The molecule has 128 valence electrons. The van der Waals surface area contributed by atoms with Gasteiger partial charge in [-0.15, -0.1) is 0 Å². The van der Waals surface area contributed by atoms with E-state index in [0.29, 0.717) is 12.0 Å². The fraction of sp³-hybridized carbons (Fsp3) is 0.286. The third kappa shape index (κ3) is 3.22. The Kier molecular flexibility index (Phi) is 4.36. The third-order valence-electron chi connectivity index (χ3n) is 5.08. The van der Waals surface area contributed by atoms with Gasteiger partial charge in [-0.1, -0.05) is 0 Å². The molecule has 1 aliphatic heterocycles. The van der Waals surface area contributed by atoms with Crippen molar-refractivity contribution in [3.8, 4) is 22.4 Å². The van der Waals surface area contributed by atoms with Crippen molar-refractivity contribution in [2.24, 2.45) is 0 Å². The van der Waals surface area contributed by atoms with Crippen LogP contribution in [0.4, 0.5) is 4.39 Å². The van der Waals surface area contributed by atoms with Gasteiger partial charge < -0.3 is 10.3 Å². The van der Waals surface area contributed by atoms with Crippen molar-refractivity contribution in [3.63, 3.8) is 0 Å². The number of halogens is 1. The molecule has 2 aromatic heterocycles. The Labute approximate surface area is 147 Å². The molecule has 25 heavy (non-hydrogen) atoms. The van der Waals surface area contributed by atoms with Crippen LogP contribution in [0.1, 0.15) is 31.2 Å². The van der Waals surface area contributed by atoms with Crippen LogP contribution in [0.5, 0.6) is 0 Å². The van der Waals surface area contributed by atoms with Crippen molar-refractivity contribution in [1.82, 2.24) is 15.3 Å². The second kappa shape index (κ2) is 6.81. The number of benzene rings is 1. The maximum Gasteiger partial charge on any atom is 0.123 e. The van der Waals surface area contributed by atoms with Gasteiger partial charge in [0.25, 0.3) is 0 Å². The van der Waals surface area contributed by atoms with E-state index in [1.54, 1.807) is 0 Å². The molecular formula is C21H22FN3. The van der Waals surface area contributed by atoms with E-state index in [4.69, 9.17) is 0 Å². The molecule has 4 rings (SSSR count). The number of nitrogens with zero attached hydrogens (tertiary/aromatic N) is 1. The Morgan fingerprint density at radius 1 is 1.04 bits per heavy atom. The van der Waals surface area contributed by atoms with Crippen LogP contribution in [0.25, 0.3) is 22.4 Å². The third-order valence-corrected chi connectivity index (χ3v) is 5.08. The van der Waals surface area contributed by atoms with Crippen LogP contribution in [-0.2, 0) is 0 Å². The van der Waals surface area contributed by atoms with Crippen molar-refractivity contribution in [3.05, 3.63) is 66.4 Å². The van der Waals surface area contributed by atoms with Crippen LogP contribution < -0.4 is 5.32 Å². The number of rotatable bonds is 3. The minimum Gasteiger partial charge on any atom is -0.360 e. The zero-order valence-corrected chi connectivity index (χ0v) is 14.3. The number of aromatic nitrogens is 2. The molecule has 1 saturated heterocycles. The first-order valence-electron chi connectivity index (χ1n) is 8.83. The first-order chi connectivity index (χ1) is 12.2. The lowest BCUT2D eigenvalue weighted by Crippen LogP contribution is -2.34. The van der Waals surface area contributed by atoms with Crippen LogP contribution in [0, 0.1) is 5.82 Å². The van der Waals surface area contributed by atoms with Gasteiger partial charge in [0.05, 0.1) is 5.69 Å². The quantitative estimate of drug-likeness (QED) is 0.726. The summed E-state index contributed by atoms with van der Waals surface area (Å²) in [6, 6.07) is 11.3. The van der Waals surface area contributed by atoms with Gasteiger partial charge in [-0.25, -0.2) is 4.39 Å². The van der Waals surface area contributed by atoms with Crippen LogP contribution in [-0.4, -0.2) is 22.6 Å². The van der Waals surface area contributed by atoms with Crippen molar-refractivity contribution < 1.29 is 4.39 Å². The number of aromatic amines is 1. The van der Waals surface area contributed by atoms with Crippen molar-refractivity contribution >= 4 is 0 Å². The van der Waals surface area contributed by atoms with Gasteiger partial charge in [0.15, 0.2) is 0 Å². The molecule has 0 amide bonds. The average molecular weight is 335 g/mol. The fourth-order valence-electron chi connectivity index (χ4n) is 3.85. The summed E-state index contributed by atoms with van der Waals surface area (Å²) in [7, 11) is 0. The van der Waals surface area contributed by atoms with Crippen LogP contribution in [0.15, 0.2) is 55.0 Å². The van der Waals surface area contributed by atoms with E-state index >= 15 is 0 Å². The van der Waals surface area contributed by atoms with Crippen molar-refractivity contribution in [2.75, 3.05) is 6.54 Å². The molecule has 0 radical (unpaired) electrons. The molecule has 0 spiro atoms. The predicted molar refractivity (Wildman–Crippen MR) is 98.9 cm³/mol. The van der Waals surface area contributed by atoms with Gasteiger partial charge in [0.2, 0.25) is 0 Å². The predicted octanol–water partition coefficient (Wildman–Crippen LogP) is 4.74. The smallest absolute Gasteiger partial charge is 0.123 e. The number of pyridine rings is 1. The van der Waals surface area contributed by atoms with Crippen molar-refractivity contribution in [2.45, 2.75) is 31.7 Å². The topological polar surface area (TPSA) is 40.7 Å². The highest BCUT2D eigenvalue weighted by Crippen LogP contribution is 2.41. The van der Waals surface area contributed by atoms with E-state index < -0.39 is 0 Å². The van der Waals surface area contributed by atoms with Gasteiger partial charge >= 0.3 is 0 Å². The highest BCUT2D eigenvalue weighted by molar-refractivity contribution is 5.84. The number of H-pyrrole nitrogens is 1. The molecule has 0 aliphatic carbocycles. The fourth-order valence-corrected chi connectivity index (χ4v) is 3.85. The summed E-state index contributed by atoms with van der Waals surface area (Å²) in [5.41, 5.74) is 5.76. The lowest BCUT2D eigenvalue weighted by molar-refractivity contribution is 0.382. The highest BCUT2D eigenvalue weighted by Gasteiger charge is 2.25. The standard InChI is InChI=1S/C21H22FN3/c1-14-12-17(8-11-24-14)19-13-25-21(16-2-4-18(22)5-3-16)20(19)15-6-9-23-10-7-15/h2-7,9-10,13-14,17,24-25H,8,11-12H2,1H3. The van der Waals surface area contributed by atoms with E-state index in [2.05, 4.69) is 28.4 Å². The van der Waals surface area contributed by atoms with Gasteiger partial charge in [0.1, 0.15) is 5.82 Å². The molecule has 3 aromatic rings. The van der Waals surface area contributed by atoms with Crippen LogP contribution in [0.3, 0.4) is 0 Å². The molecule has 1 fully saturated rings. The molecule has 3 nitrogen and oxygen atoms in total. The molecule has 0 bridgehead atoms. The van der Waals surface area contributed by atoms with Crippen LogP contribution >= 0.6 is 0 Å². The second-order valence-electron chi connectivity index (χ2n) is 6.81.